The first-order valence-electron chi connectivity index (χ1n) is 7.54. The molecule has 1 fully saturated rings. The van der Waals surface area contributed by atoms with E-state index in [-0.39, 0.29) is 5.56 Å². The minimum absolute atomic E-state index is 0.180. The van der Waals surface area contributed by atoms with Crippen molar-refractivity contribution in [2.75, 3.05) is 11.4 Å². The summed E-state index contributed by atoms with van der Waals surface area (Å²) in [6, 6.07) is 0.564. The van der Waals surface area contributed by atoms with Gasteiger partial charge in [0.2, 0.25) is 0 Å². The van der Waals surface area contributed by atoms with Gasteiger partial charge in [0.15, 0.2) is 5.65 Å². The molecule has 110 valence electrons. The number of nitrogens with zero attached hydrogens (tertiary/aromatic N) is 4. The lowest BCUT2D eigenvalue weighted by Gasteiger charge is -2.27. The summed E-state index contributed by atoms with van der Waals surface area (Å²) < 4.78 is 1.73. The maximum atomic E-state index is 11.3. The second-order valence-corrected chi connectivity index (χ2v) is 5.98. The molecule has 3 heterocycles. The summed E-state index contributed by atoms with van der Waals surface area (Å²) >= 11 is 0. The smallest absolute Gasteiger partial charge is 0.341 e. The van der Waals surface area contributed by atoms with Crippen LogP contribution in [0.3, 0.4) is 0 Å². The van der Waals surface area contributed by atoms with E-state index >= 15 is 0 Å². The standard InChI is InChI=1S/C15H18N4O2/c1-9-11-6-7-18(10-4-2-3-5-10)14(11)19-13(17-9)12(8-16-19)15(20)21/h8,10H,2-7H2,1H3,(H,20,21). The van der Waals surface area contributed by atoms with Crippen LogP contribution in [0.4, 0.5) is 5.82 Å². The molecule has 0 aromatic carbocycles. The molecule has 0 radical (unpaired) electrons. The summed E-state index contributed by atoms with van der Waals surface area (Å²) in [6.45, 7) is 2.96. The number of carboxylic acids is 1. The highest BCUT2D eigenvalue weighted by Gasteiger charge is 2.33. The molecule has 21 heavy (non-hydrogen) atoms. The maximum absolute atomic E-state index is 11.3. The zero-order chi connectivity index (χ0) is 14.6. The molecule has 2 aliphatic rings. The lowest BCUT2D eigenvalue weighted by molar-refractivity contribution is 0.0699. The Bertz CT molecular complexity index is 731. The number of carboxylic acid groups (broad SMARTS) is 1. The summed E-state index contributed by atoms with van der Waals surface area (Å²) in [5.41, 5.74) is 2.79. The molecule has 6 nitrogen and oxygen atoms in total. The number of anilines is 1. The normalized spacial score (nSPS) is 18.6. The summed E-state index contributed by atoms with van der Waals surface area (Å²) in [6.07, 6.45) is 7.38. The molecule has 2 aromatic heterocycles. The van der Waals surface area contributed by atoms with E-state index in [0.29, 0.717) is 11.7 Å². The average molecular weight is 286 g/mol. The molecule has 2 aromatic rings. The van der Waals surface area contributed by atoms with Gasteiger partial charge in [0.1, 0.15) is 11.4 Å². The van der Waals surface area contributed by atoms with Gasteiger partial charge in [-0.15, -0.1) is 0 Å². The zero-order valence-corrected chi connectivity index (χ0v) is 12.0. The second-order valence-electron chi connectivity index (χ2n) is 5.98. The fourth-order valence-corrected chi connectivity index (χ4v) is 3.77. The van der Waals surface area contributed by atoms with E-state index in [1.54, 1.807) is 4.52 Å². The molecular weight excluding hydrogens is 268 g/mol. The summed E-state index contributed by atoms with van der Waals surface area (Å²) in [7, 11) is 0. The number of hydrogen-bond donors (Lipinski definition) is 1. The first kappa shape index (κ1) is 12.6. The van der Waals surface area contributed by atoms with E-state index in [2.05, 4.69) is 15.0 Å². The van der Waals surface area contributed by atoms with E-state index in [4.69, 9.17) is 0 Å². The van der Waals surface area contributed by atoms with Gasteiger partial charge in [0, 0.05) is 23.8 Å². The van der Waals surface area contributed by atoms with Crippen LogP contribution in [0, 0.1) is 6.92 Å². The van der Waals surface area contributed by atoms with Crippen LogP contribution in [0.25, 0.3) is 5.65 Å². The van der Waals surface area contributed by atoms with Gasteiger partial charge in [-0.05, 0) is 26.2 Å². The van der Waals surface area contributed by atoms with Crippen molar-refractivity contribution in [3.63, 3.8) is 0 Å². The first-order valence-corrected chi connectivity index (χ1v) is 7.54. The molecule has 0 amide bonds. The lowest BCUT2D eigenvalue weighted by Crippen LogP contribution is -2.32. The third kappa shape index (κ3) is 1.74. The van der Waals surface area contributed by atoms with Gasteiger partial charge in [-0.1, -0.05) is 12.8 Å². The first-order chi connectivity index (χ1) is 10.2. The highest BCUT2D eigenvalue weighted by Crippen LogP contribution is 2.36. The third-order valence-electron chi connectivity index (χ3n) is 4.80. The van der Waals surface area contributed by atoms with Crippen molar-refractivity contribution in [3.8, 4) is 0 Å². The lowest BCUT2D eigenvalue weighted by atomic mass is 10.2. The minimum atomic E-state index is -0.970. The van der Waals surface area contributed by atoms with Crippen molar-refractivity contribution < 1.29 is 9.90 Å². The predicted molar refractivity (Wildman–Crippen MR) is 78.0 cm³/mol. The van der Waals surface area contributed by atoms with Crippen LogP contribution in [-0.4, -0.2) is 38.3 Å². The van der Waals surface area contributed by atoms with E-state index in [1.807, 2.05) is 6.92 Å². The van der Waals surface area contributed by atoms with Gasteiger partial charge < -0.3 is 10.0 Å². The third-order valence-corrected chi connectivity index (χ3v) is 4.80. The minimum Gasteiger partial charge on any atom is -0.477 e. The van der Waals surface area contributed by atoms with Crippen molar-refractivity contribution in [1.29, 1.82) is 0 Å². The Morgan fingerprint density at radius 3 is 2.86 bits per heavy atom. The fraction of sp³-hybridized carbons (Fsp3) is 0.533. The van der Waals surface area contributed by atoms with E-state index in [9.17, 15) is 9.90 Å². The average Bonchev–Trinajstić information content (AvgIpc) is 3.16. The number of rotatable bonds is 2. The number of carbonyl (C=O) groups is 1. The molecule has 1 N–H and O–H groups in total. The molecule has 1 aliphatic heterocycles. The van der Waals surface area contributed by atoms with Crippen LogP contribution in [0.15, 0.2) is 6.20 Å². The van der Waals surface area contributed by atoms with Gasteiger partial charge in [-0.2, -0.15) is 9.61 Å². The molecule has 0 spiro atoms. The molecule has 0 unspecified atom stereocenters. The molecule has 6 heteroatoms. The van der Waals surface area contributed by atoms with Crippen LogP contribution < -0.4 is 4.90 Å². The molecule has 1 aliphatic carbocycles. The monoisotopic (exact) mass is 286 g/mol. The topological polar surface area (TPSA) is 70.7 Å². The molecular formula is C15H18N4O2. The van der Waals surface area contributed by atoms with Crippen molar-refractivity contribution in [2.45, 2.75) is 45.1 Å². The van der Waals surface area contributed by atoms with Gasteiger partial charge in [0.25, 0.3) is 0 Å². The van der Waals surface area contributed by atoms with Crippen LogP contribution >= 0.6 is 0 Å². The number of aryl methyl sites for hydroxylation is 1. The summed E-state index contributed by atoms with van der Waals surface area (Å²) in [5, 5.41) is 13.6. The Morgan fingerprint density at radius 2 is 2.14 bits per heavy atom. The quantitative estimate of drug-likeness (QED) is 0.914. The SMILES string of the molecule is Cc1nc2c(C(=O)O)cnn2c2c1CCN2C1CCCC1. The van der Waals surface area contributed by atoms with Gasteiger partial charge in [-0.3, -0.25) is 0 Å². The highest BCUT2D eigenvalue weighted by molar-refractivity contribution is 5.94. The number of fused-ring (bicyclic) bond motifs is 3. The fourth-order valence-electron chi connectivity index (χ4n) is 3.77. The Labute approximate surface area is 122 Å². The summed E-state index contributed by atoms with van der Waals surface area (Å²) in [4.78, 5) is 18.2. The predicted octanol–water partition coefficient (Wildman–Crippen LogP) is 2.04. The van der Waals surface area contributed by atoms with E-state index < -0.39 is 5.97 Å². The Morgan fingerprint density at radius 1 is 1.38 bits per heavy atom. The van der Waals surface area contributed by atoms with Crippen LogP contribution in [0.1, 0.15) is 47.3 Å². The van der Waals surface area contributed by atoms with E-state index in [0.717, 1.165) is 24.5 Å². The maximum Gasteiger partial charge on any atom is 0.341 e. The zero-order valence-electron chi connectivity index (χ0n) is 12.0. The van der Waals surface area contributed by atoms with Crippen molar-refractivity contribution in [1.82, 2.24) is 14.6 Å². The molecule has 1 saturated carbocycles. The van der Waals surface area contributed by atoms with Crippen LogP contribution in [0.5, 0.6) is 0 Å². The molecule has 0 bridgehead atoms. The van der Waals surface area contributed by atoms with Crippen molar-refractivity contribution >= 4 is 17.4 Å². The van der Waals surface area contributed by atoms with Gasteiger partial charge >= 0.3 is 5.97 Å². The van der Waals surface area contributed by atoms with Crippen molar-refractivity contribution in [2.24, 2.45) is 0 Å². The number of aromatic nitrogens is 3. The largest absolute Gasteiger partial charge is 0.477 e. The van der Waals surface area contributed by atoms with Crippen LogP contribution in [0.2, 0.25) is 0 Å². The Balaban J connectivity index is 1.93. The van der Waals surface area contributed by atoms with Gasteiger partial charge in [0.05, 0.1) is 6.20 Å². The number of hydrogen-bond acceptors (Lipinski definition) is 4. The highest BCUT2D eigenvalue weighted by atomic mass is 16.4. The van der Waals surface area contributed by atoms with E-state index in [1.165, 1.54) is 37.4 Å². The molecule has 4 rings (SSSR count). The summed E-state index contributed by atoms with van der Waals surface area (Å²) in [5.74, 6) is 0.0964. The Hall–Kier alpha value is -2.11. The van der Waals surface area contributed by atoms with Gasteiger partial charge in [-0.25, -0.2) is 9.78 Å². The van der Waals surface area contributed by atoms with Crippen molar-refractivity contribution in [3.05, 3.63) is 23.0 Å². The molecule has 0 atom stereocenters. The second kappa shape index (κ2) is 4.44. The molecule has 0 saturated heterocycles. The number of aromatic carboxylic acids is 1. The van der Waals surface area contributed by atoms with Crippen LogP contribution in [-0.2, 0) is 6.42 Å². The Kier molecular flexibility index (Phi) is 2.67.